The number of anilines is 2. The molecule has 1 saturated heterocycles. The van der Waals surface area contributed by atoms with Crippen LogP contribution in [-0.4, -0.2) is 58.2 Å². The van der Waals surface area contributed by atoms with E-state index in [1.807, 2.05) is 30.7 Å². The molecule has 1 amide bonds. The molecule has 0 bridgehead atoms. The summed E-state index contributed by atoms with van der Waals surface area (Å²) < 4.78 is 26.9. The van der Waals surface area contributed by atoms with Crippen molar-refractivity contribution in [3.05, 3.63) is 79.8 Å². The minimum atomic E-state index is -3.84. The number of carbonyl (C=O) groups is 1. The molecule has 43 heavy (non-hydrogen) atoms. The van der Waals surface area contributed by atoms with Gasteiger partial charge in [0.15, 0.2) is 5.69 Å². The summed E-state index contributed by atoms with van der Waals surface area (Å²) >= 11 is 12.0. The Hall–Kier alpha value is -3.81. The summed E-state index contributed by atoms with van der Waals surface area (Å²) in [5.41, 5.74) is 2.01. The zero-order valence-electron chi connectivity index (χ0n) is 23.9. The van der Waals surface area contributed by atoms with Crippen molar-refractivity contribution in [1.82, 2.24) is 29.2 Å². The van der Waals surface area contributed by atoms with E-state index in [0.29, 0.717) is 35.0 Å². The number of nitrogens with one attached hydrogen (secondary N) is 2. The first-order chi connectivity index (χ1) is 20.3. The molecule has 3 aromatic heterocycles. The van der Waals surface area contributed by atoms with Gasteiger partial charge in [0.2, 0.25) is 16.0 Å². The van der Waals surface area contributed by atoms with E-state index in [9.17, 15) is 18.0 Å². The van der Waals surface area contributed by atoms with Crippen molar-refractivity contribution in [1.29, 1.82) is 0 Å². The Balaban J connectivity index is 1.48. The van der Waals surface area contributed by atoms with Crippen LogP contribution in [0.3, 0.4) is 0 Å². The third kappa shape index (κ3) is 6.73. The van der Waals surface area contributed by atoms with Gasteiger partial charge in [-0.25, -0.2) is 33.1 Å². The summed E-state index contributed by atoms with van der Waals surface area (Å²) in [6, 6.07) is 6.32. The highest BCUT2D eigenvalue weighted by Crippen LogP contribution is 2.31. The van der Waals surface area contributed by atoms with Gasteiger partial charge in [-0.05, 0) is 50.5 Å². The Labute approximate surface area is 258 Å². The fourth-order valence-electron chi connectivity index (χ4n) is 5.28. The summed E-state index contributed by atoms with van der Waals surface area (Å²) in [5, 5.41) is 4.22. The number of carbonyl (C=O) groups excluding carboxylic acids is 1. The molecule has 226 valence electrons. The van der Waals surface area contributed by atoms with Gasteiger partial charge < -0.3 is 10.2 Å². The number of hydrogen-bond donors (Lipinski definition) is 2. The minimum Gasteiger partial charge on any atom is -0.377 e. The molecule has 1 aromatic carbocycles. The van der Waals surface area contributed by atoms with Crippen LogP contribution in [0.1, 0.15) is 59.2 Å². The predicted molar refractivity (Wildman–Crippen MR) is 167 cm³/mol. The minimum absolute atomic E-state index is 0.0269. The highest BCUT2D eigenvalue weighted by Gasteiger charge is 2.27. The monoisotopic (exact) mass is 644 g/mol. The van der Waals surface area contributed by atoms with Gasteiger partial charge in [-0.2, -0.15) is 0 Å². The van der Waals surface area contributed by atoms with E-state index in [4.69, 9.17) is 28.2 Å². The Bertz CT molecular complexity index is 1870. The second-order valence-electron chi connectivity index (χ2n) is 10.6. The number of aromatic nitrogens is 5. The van der Waals surface area contributed by atoms with Crippen LogP contribution < -0.4 is 20.5 Å². The number of nitrogens with zero attached hydrogens (tertiary/aromatic N) is 6. The number of amides is 1. The number of pyridine rings is 1. The zero-order valence-corrected chi connectivity index (χ0v) is 26.3. The average Bonchev–Trinajstić information content (AvgIpc) is 2.95. The van der Waals surface area contributed by atoms with Crippen molar-refractivity contribution in [3.8, 4) is 0 Å². The highest BCUT2D eigenvalue weighted by atomic mass is 35.5. The maximum absolute atomic E-state index is 13.6. The lowest BCUT2D eigenvalue weighted by Crippen LogP contribution is -2.38. The van der Waals surface area contributed by atoms with Crippen LogP contribution in [0, 0.1) is 6.92 Å². The first-order valence-corrected chi connectivity index (χ1v) is 16.1. The largest absolute Gasteiger partial charge is 0.377 e. The molecule has 1 aliphatic heterocycles. The molecule has 4 aromatic rings. The van der Waals surface area contributed by atoms with E-state index < -0.39 is 22.0 Å². The molecular formula is C28H30Cl2N8O4S. The van der Waals surface area contributed by atoms with Crippen LogP contribution in [0.15, 0.2) is 41.5 Å². The van der Waals surface area contributed by atoms with Crippen LogP contribution in [0.25, 0.3) is 10.9 Å². The van der Waals surface area contributed by atoms with E-state index in [0.717, 1.165) is 36.0 Å². The molecule has 1 fully saturated rings. The molecule has 12 nitrogen and oxygen atoms in total. The van der Waals surface area contributed by atoms with Crippen LogP contribution in [0.4, 0.5) is 11.6 Å². The quantitative estimate of drug-likeness (QED) is 0.283. The molecule has 4 heterocycles. The topological polar surface area (TPSA) is 152 Å². The van der Waals surface area contributed by atoms with Crippen molar-refractivity contribution in [3.63, 3.8) is 0 Å². The smallest absolute Gasteiger partial charge is 0.285 e. The summed E-state index contributed by atoms with van der Waals surface area (Å²) in [4.78, 5) is 46.2. The average molecular weight is 646 g/mol. The molecule has 1 aliphatic rings. The van der Waals surface area contributed by atoms with E-state index in [2.05, 4.69) is 25.2 Å². The number of sulfonamides is 1. The van der Waals surface area contributed by atoms with Crippen molar-refractivity contribution in [2.24, 2.45) is 7.05 Å². The van der Waals surface area contributed by atoms with E-state index in [-0.39, 0.29) is 28.0 Å². The van der Waals surface area contributed by atoms with Crippen LogP contribution >= 0.6 is 23.2 Å². The van der Waals surface area contributed by atoms with E-state index >= 15 is 0 Å². The fourth-order valence-corrected chi connectivity index (χ4v) is 5.96. The van der Waals surface area contributed by atoms with E-state index in [1.54, 1.807) is 30.1 Å². The molecule has 2 N–H and O–H groups in total. The lowest BCUT2D eigenvalue weighted by atomic mass is 9.96. The molecule has 0 saturated carbocycles. The molecule has 0 unspecified atom stereocenters. The highest BCUT2D eigenvalue weighted by molar-refractivity contribution is 7.89. The molecule has 0 radical (unpaired) electrons. The van der Waals surface area contributed by atoms with Gasteiger partial charge >= 0.3 is 0 Å². The zero-order chi connectivity index (χ0) is 31.1. The third-order valence-corrected chi connectivity index (χ3v) is 8.27. The van der Waals surface area contributed by atoms with Gasteiger partial charge in [-0.3, -0.25) is 14.2 Å². The Morgan fingerprint density at radius 1 is 1.09 bits per heavy atom. The maximum Gasteiger partial charge on any atom is 0.285 e. The van der Waals surface area contributed by atoms with Gasteiger partial charge in [0.05, 0.1) is 33.9 Å². The number of halogens is 2. The summed E-state index contributed by atoms with van der Waals surface area (Å²) in [6.45, 7) is 5.07. The van der Waals surface area contributed by atoms with Gasteiger partial charge in [-0.1, -0.05) is 29.3 Å². The van der Waals surface area contributed by atoms with Crippen LogP contribution in [0.2, 0.25) is 10.2 Å². The number of hydrogen-bond acceptors (Lipinski definition) is 10. The first kappa shape index (κ1) is 30.6. The van der Waals surface area contributed by atoms with Crippen molar-refractivity contribution in [2.45, 2.75) is 38.6 Å². The third-order valence-electron chi connectivity index (χ3n) is 7.31. The van der Waals surface area contributed by atoms with Gasteiger partial charge in [0.25, 0.3) is 11.5 Å². The lowest BCUT2D eigenvalue weighted by Gasteiger charge is -2.33. The van der Waals surface area contributed by atoms with Crippen molar-refractivity contribution < 1.29 is 13.2 Å². The number of rotatable bonds is 7. The SMILES string of the molecule is Cc1cc([C@@H](C)Nc2ccc(Cl)nc2C(=O)NS(C)(=O)=O)c2nc(N3CCC(c4ncc(Cl)cn4)CC3)n(C)c(=O)c2c1. The Morgan fingerprint density at radius 3 is 2.42 bits per heavy atom. The normalized spacial score (nSPS) is 15.0. The molecule has 15 heteroatoms. The van der Waals surface area contributed by atoms with Gasteiger partial charge in [0, 0.05) is 44.0 Å². The summed E-state index contributed by atoms with van der Waals surface area (Å²) in [7, 11) is -2.12. The second-order valence-corrected chi connectivity index (χ2v) is 13.2. The Morgan fingerprint density at radius 2 is 1.77 bits per heavy atom. The Kier molecular flexibility index (Phi) is 8.59. The first-order valence-electron chi connectivity index (χ1n) is 13.5. The predicted octanol–water partition coefficient (Wildman–Crippen LogP) is 3.98. The summed E-state index contributed by atoms with van der Waals surface area (Å²) in [6.07, 6.45) is 5.66. The molecule has 0 spiro atoms. The summed E-state index contributed by atoms with van der Waals surface area (Å²) in [5.74, 6) is 0.556. The van der Waals surface area contributed by atoms with E-state index in [1.165, 1.54) is 6.07 Å². The van der Waals surface area contributed by atoms with Crippen LogP contribution in [-0.2, 0) is 17.1 Å². The number of fused-ring (bicyclic) bond motifs is 1. The standard InChI is InChI=1S/C28H30Cl2N8O4S/c1-15-11-19(16(2)33-21-5-6-22(30)34-24(21)26(39)36-43(4,41)42)23-20(12-15)27(40)37(3)28(35-23)38-9-7-17(8-10-38)25-31-13-18(29)14-32-25/h5-6,11-14,16-17,33H,7-10H2,1-4H3,(H,36,39)/t16-/m1/s1. The van der Waals surface area contributed by atoms with Crippen molar-refractivity contribution in [2.75, 3.05) is 29.6 Å². The van der Waals surface area contributed by atoms with Gasteiger partial charge in [0.1, 0.15) is 11.0 Å². The second kappa shape index (κ2) is 12.1. The lowest BCUT2D eigenvalue weighted by molar-refractivity contribution is 0.0977. The van der Waals surface area contributed by atoms with Crippen molar-refractivity contribution >= 4 is 61.7 Å². The molecular weight excluding hydrogens is 615 g/mol. The molecule has 0 aliphatic carbocycles. The maximum atomic E-state index is 13.6. The van der Waals surface area contributed by atoms with Gasteiger partial charge in [-0.15, -0.1) is 0 Å². The number of piperidine rings is 1. The molecule has 1 atom stereocenters. The number of aryl methyl sites for hydroxylation is 1. The van der Waals surface area contributed by atoms with Crippen LogP contribution in [0.5, 0.6) is 0 Å². The fraction of sp³-hybridized carbons (Fsp3) is 0.357. The molecule has 5 rings (SSSR count). The number of benzene rings is 1.